The van der Waals surface area contributed by atoms with Crippen LogP contribution >= 0.6 is 0 Å². The van der Waals surface area contributed by atoms with Gasteiger partial charge in [0.05, 0.1) is 5.52 Å². The van der Waals surface area contributed by atoms with Crippen molar-refractivity contribution < 1.29 is 4.79 Å². The number of rotatable bonds is 6. The molecular formula is C20H22N4O. The standard InChI is InChI=1S/C20H22N4O/c1-23(2)12-13-24-11-9-17-6-7-18(14-19(17)24)22-20(25)8-5-16-4-3-10-21-15-16/h3-11,14-15H,12-13H2,1-2H3,(H,22,25)/b8-5-. The van der Waals surface area contributed by atoms with Gasteiger partial charge >= 0.3 is 0 Å². The van der Waals surface area contributed by atoms with Crippen LogP contribution in [0.2, 0.25) is 0 Å². The Labute approximate surface area is 147 Å². The summed E-state index contributed by atoms with van der Waals surface area (Å²) < 4.78 is 2.20. The highest BCUT2D eigenvalue weighted by Gasteiger charge is 2.04. The molecule has 0 spiro atoms. The molecule has 128 valence electrons. The van der Waals surface area contributed by atoms with Crippen LogP contribution in [-0.4, -0.2) is 41.0 Å². The van der Waals surface area contributed by atoms with E-state index in [0.29, 0.717) is 0 Å². The number of likely N-dealkylation sites (N-methyl/N-ethyl adjacent to an activating group) is 1. The Morgan fingerprint density at radius 3 is 2.92 bits per heavy atom. The molecule has 5 nitrogen and oxygen atoms in total. The van der Waals surface area contributed by atoms with Gasteiger partial charge in [0, 0.05) is 43.4 Å². The number of carbonyl (C=O) groups is 1. The summed E-state index contributed by atoms with van der Waals surface area (Å²) in [4.78, 5) is 18.3. The first-order valence-electron chi connectivity index (χ1n) is 8.24. The minimum Gasteiger partial charge on any atom is -0.346 e. The Hall–Kier alpha value is -2.92. The van der Waals surface area contributed by atoms with Gasteiger partial charge in [-0.2, -0.15) is 0 Å². The van der Waals surface area contributed by atoms with Gasteiger partial charge in [-0.15, -0.1) is 0 Å². The van der Waals surface area contributed by atoms with Crippen molar-refractivity contribution in [3.8, 4) is 0 Å². The van der Waals surface area contributed by atoms with E-state index in [-0.39, 0.29) is 5.91 Å². The number of anilines is 1. The summed E-state index contributed by atoms with van der Waals surface area (Å²) in [5.41, 5.74) is 2.81. The van der Waals surface area contributed by atoms with E-state index in [1.807, 2.05) is 30.3 Å². The van der Waals surface area contributed by atoms with Gasteiger partial charge in [-0.3, -0.25) is 9.78 Å². The summed E-state index contributed by atoms with van der Waals surface area (Å²) in [5.74, 6) is -0.158. The Bertz CT molecular complexity index is 881. The van der Waals surface area contributed by atoms with Crippen LogP contribution < -0.4 is 5.32 Å². The number of hydrogen-bond acceptors (Lipinski definition) is 3. The summed E-state index contributed by atoms with van der Waals surface area (Å²) in [6.07, 6.45) is 8.78. The average Bonchev–Trinajstić information content (AvgIpc) is 3.01. The van der Waals surface area contributed by atoms with E-state index in [1.165, 1.54) is 11.5 Å². The zero-order chi connectivity index (χ0) is 17.6. The van der Waals surface area contributed by atoms with Crippen molar-refractivity contribution in [1.29, 1.82) is 0 Å². The molecule has 0 aliphatic carbocycles. The highest BCUT2D eigenvalue weighted by Crippen LogP contribution is 2.20. The quantitative estimate of drug-likeness (QED) is 0.704. The second-order valence-electron chi connectivity index (χ2n) is 6.19. The summed E-state index contributed by atoms with van der Waals surface area (Å²) in [5, 5.41) is 4.09. The molecule has 0 saturated heterocycles. The molecule has 1 aromatic carbocycles. The lowest BCUT2D eigenvalue weighted by atomic mass is 10.2. The van der Waals surface area contributed by atoms with Crippen molar-refractivity contribution in [3.05, 3.63) is 66.6 Å². The molecule has 5 heteroatoms. The van der Waals surface area contributed by atoms with E-state index in [4.69, 9.17) is 0 Å². The molecule has 0 atom stereocenters. The smallest absolute Gasteiger partial charge is 0.248 e. The molecule has 2 heterocycles. The van der Waals surface area contributed by atoms with Crippen molar-refractivity contribution in [2.45, 2.75) is 6.54 Å². The number of nitrogens with zero attached hydrogens (tertiary/aromatic N) is 3. The van der Waals surface area contributed by atoms with Crippen molar-refractivity contribution in [2.24, 2.45) is 0 Å². The molecule has 0 aliphatic heterocycles. The average molecular weight is 334 g/mol. The second-order valence-corrected chi connectivity index (χ2v) is 6.19. The first-order valence-corrected chi connectivity index (χ1v) is 8.24. The number of hydrogen-bond donors (Lipinski definition) is 1. The van der Waals surface area contributed by atoms with E-state index in [0.717, 1.165) is 29.9 Å². The van der Waals surface area contributed by atoms with Crippen LogP contribution in [0.25, 0.3) is 17.0 Å². The van der Waals surface area contributed by atoms with E-state index in [2.05, 4.69) is 46.1 Å². The van der Waals surface area contributed by atoms with E-state index in [9.17, 15) is 4.79 Å². The lowest BCUT2D eigenvalue weighted by molar-refractivity contribution is -0.111. The second kappa shape index (κ2) is 7.77. The molecule has 0 unspecified atom stereocenters. The Morgan fingerprint density at radius 2 is 2.16 bits per heavy atom. The molecular weight excluding hydrogens is 312 g/mol. The molecule has 0 radical (unpaired) electrons. The number of benzene rings is 1. The lowest BCUT2D eigenvalue weighted by Gasteiger charge is -2.11. The number of aromatic nitrogens is 2. The van der Waals surface area contributed by atoms with Gasteiger partial charge < -0.3 is 14.8 Å². The molecule has 2 aromatic heterocycles. The van der Waals surface area contributed by atoms with Crippen molar-refractivity contribution >= 4 is 28.6 Å². The van der Waals surface area contributed by atoms with Crippen LogP contribution in [0, 0.1) is 0 Å². The highest BCUT2D eigenvalue weighted by molar-refractivity contribution is 6.02. The van der Waals surface area contributed by atoms with Crippen LogP contribution in [0.3, 0.4) is 0 Å². The van der Waals surface area contributed by atoms with Crippen LogP contribution in [0.5, 0.6) is 0 Å². The Balaban J connectivity index is 1.71. The monoisotopic (exact) mass is 334 g/mol. The van der Waals surface area contributed by atoms with Gasteiger partial charge in [0.15, 0.2) is 0 Å². The maximum Gasteiger partial charge on any atom is 0.248 e. The molecule has 1 N–H and O–H groups in total. The minimum atomic E-state index is -0.158. The number of pyridine rings is 1. The van der Waals surface area contributed by atoms with Crippen molar-refractivity contribution in [2.75, 3.05) is 26.0 Å². The zero-order valence-corrected chi connectivity index (χ0v) is 14.5. The first-order chi connectivity index (χ1) is 12.1. The van der Waals surface area contributed by atoms with Gasteiger partial charge in [-0.05, 0) is 55.4 Å². The fourth-order valence-corrected chi connectivity index (χ4v) is 2.59. The summed E-state index contributed by atoms with van der Waals surface area (Å²) >= 11 is 0. The topological polar surface area (TPSA) is 50.2 Å². The van der Waals surface area contributed by atoms with Crippen LogP contribution in [0.4, 0.5) is 5.69 Å². The third-order valence-corrected chi connectivity index (χ3v) is 3.94. The lowest BCUT2D eigenvalue weighted by Crippen LogP contribution is -2.17. The third kappa shape index (κ3) is 4.55. The van der Waals surface area contributed by atoms with Crippen LogP contribution in [0.15, 0.2) is 61.1 Å². The Kier molecular flexibility index (Phi) is 5.26. The maximum absolute atomic E-state index is 12.1. The molecule has 0 fully saturated rings. The van der Waals surface area contributed by atoms with E-state index >= 15 is 0 Å². The SMILES string of the molecule is CN(C)CCn1ccc2ccc(NC(=O)/C=C\c3cccnc3)cc21. The number of fused-ring (bicyclic) bond motifs is 1. The van der Waals surface area contributed by atoms with Gasteiger partial charge in [0.1, 0.15) is 0 Å². The van der Waals surface area contributed by atoms with Crippen molar-refractivity contribution in [3.63, 3.8) is 0 Å². The van der Waals surface area contributed by atoms with E-state index < -0.39 is 0 Å². The minimum absolute atomic E-state index is 0.158. The predicted octanol–water partition coefficient (Wildman–Crippen LogP) is 3.25. The molecule has 25 heavy (non-hydrogen) atoms. The normalized spacial score (nSPS) is 11.5. The highest BCUT2D eigenvalue weighted by atomic mass is 16.1. The maximum atomic E-state index is 12.1. The Morgan fingerprint density at radius 1 is 1.28 bits per heavy atom. The molecule has 3 rings (SSSR count). The van der Waals surface area contributed by atoms with Crippen LogP contribution in [-0.2, 0) is 11.3 Å². The largest absolute Gasteiger partial charge is 0.346 e. The summed E-state index contributed by atoms with van der Waals surface area (Å²) in [6, 6.07) is 11.8. The van der Waals surface area contributed by atoms with Gasteiger partial charge in [-0.25, -0.2) is 0 Å². The predicted molar refractivity (Wildman–Crippen MR) is 102 cm³/mol. The van der Waals surface area contributed by atoms with Gasteiger partial charge in [-0.1, -0.05) is 12.1 Å². The van der Waals surface area contributed by atoms with E-state index in [1.54, 1.807) is 18.5 Å². The molecule has 0 saturated carbocycles. The first kappa shape index (κ1) is 16.9. The molecule has 1 amide bonds. The van der Waals surface area contributed by atoms with Crippen LogP contribution in [0.1, 0.15) is 5.56 Å². The molecule has 0 aliphatic rings. The number of carbonyl (C=O) groups excluding carboxylic acids is 1. The van der Waals surface area contributed by atoms with Gasteiger partial charge in [0.2, 0.25) is 5.91 Å². The fourth-order valence-electron chi connectivity index (χ4n) is 2.59. The fraction of sp³-hybridized carbons (Fsp3) is 0.200. The van der Waals surface area contributed by atoms with Gasteiger partial charge in [0.25, 0.3) is 0 Å². The van der Waals surface area contributed by atoms with Crippen molar-refractivity contribution in [1.82, 2.24) is 14.5 Å². The summed E-state index contributed by atoms with van der Waals surface area (Å²) in [6.45, 7) is 1.88. The number of nitrogens with one attached hydrogen (secondary N) is 1. The zero-order valence-electron chi connectivity index (χ0n) is 14.5. The third-order valence-electron chi connectivity index (χ3n) is 3.94. The number of amides is 1. The molecule has 3 aromatic rings. The molecule has 0 bridgehead atoms. The summed E-state index contributed by atoms with van der Waals surface area (Å²) in [7, 11) is 4.12.